The van der Waals surface area contributed by atoms with E-state index in [2.05, 4.69) is 15.8 Å². The third-order valence-corrected chi connectivity index (χ3v) is 4.37. The molecule has 0 bridgehead atoms. The molecule has 6 heteroatoms. The van der Waals surface area contributed by atoms with E-state index in [9.17, 15) is 9.59 Å². The standard InChI is InChI=1S/C23H23N3O3/c1-2-29-23(28)25-21(15-17-9-4-3-5-10-17)22(27)26-24-16-19-13-8-12-18-11-6-7-14-20(18)19/h3-14,16,21H,2,15H2,1H3,(H,25,28)(H,26,27)/b24-16-/t21-/m1/s1. The van der Waals surface area contributed by atoms with Gasteiger partial charge in [0.1, 0.15) is 6.04 Å². The lowest BCUT2D eigenvalue weighted by atomic mass is 10.1. The zero-order valence-corrected chi connectivity index (χ0v) is 16.2. The van der Waals surface area contributed by atoms with E-state index in [-0.39, 0.29) is 6.61 Å². The summed E-state index contributed by atoms with van der Waals surface area (Å²) in [6, 6.07) is 22.5. The van der Waals surface area contributed by atoms with E-state index in [1.54, 1.807) is 13.1 Å². The summed E-state index contributed by atoms with van der Waals surface area (Å²) < 4.78 is 4.91. The van der Waals surface area contributed by atoms with Gasteiger partial charge in [0.15, 0.2) is 0 Å². The minimum Gasteiger partial charge on any atom is -0.450 e. The number of carbonyl (C=O) groups excluding carboxylic acids is 2. The minimum absolute atomic E-state index is 0.227. The first kappa shape index (κ1) is 20.1. The van der Waals surface area contributed by atoms with Crippen LogP contribution in [0.25, 0.3) is 10.8 Å². The van der Waals surface area contributed by atoms with E-state index in [0.29, 0.717) is 6.42 Å². The second-order valence-corrected chi connectivity index (χ2v) is 6.41. The van der Waals surface area contributed by atoms with Crippen molar-refractivity contribution in [3.05, 3.63) is 83.9 Å². The number of nitrogens with one attached hydrogen (secondary N) is 2. The average Bonchev–Trinajstić information content (AvgIpc) is 2.74. The Balaban J connectivity index is 1.71. The van der Waals surface area contributed by atoms with Crippen LogP contribution in [-0.4, -0.2) is 30.9 Å². The SMILES string of the molecule is CCOC(=O)N[C@H](Cc1ccccc1)C(=O)N/N=C\c1cccc2ccccc12. The van der Waals surface area contributed by atoms with Crippen molar-refractivity contribution in [2.75, 3.05) is 6.61 Å². The summed E-state index contributed by atoms with van der Waals surface area (Å²) in [5, 5.41) is 8.82. The smallest absolute Gasteiger partial charge is 0.407 e. The molecule has 148 valence electrons. The molecule has 29 heavy (non-hydrogen) atoms. The molecule has 0 aliphatic heterocycles. The van der Waals surface area contributed by atoms with Gasteiger partial charge in [-0.25, -0.2) is 10.2 Å². The Morgan fingerprint density at radius 2 is 1.72 bits per heavy atom. The highest BCUT2D eigenvalue weighted by molar-refractivity contribution is 6.00. The summed E-state index contributed by atoms with van der Waals surface area (Å²) in [6.07, 6.45) is 1.29. The molecule has 1 atom stereocenters. The fourth-order valence-electron chi connectivity index (χ4n) is 2.98. The topological polar surface area (TPSA) is 79.8 Å². The summed E-state index contributed by atoms with van der Waals surface area (Å²) >= 11 is 0. The number of ether oxygens (including phenoxy) is 1. The molecule has 6 nitrogen and oxygen atoms in total. The third-order valence-electron chi connectivity index (χ3n) is 4.37. The van der Waals surface area contributed by atoms with Crippen molar-refractivity contribution in [2.45, 2.75) is 19.4 Å². The van der Waals surface area contributed by atoms with Crippen LogP contribution in [0.15, 0.2) is 77.9 Å². The lowest BCUT2D eigenvalue weighted by molar-refractivity contribution is -0.123. The number of rotatable bonds is 7. The molecular formula is C23H23N3O3. The van der Waals surface area contributed by atoms with Crippen molar-refractivity contribution in [3.63, 3.8) is 0 Å². The summed E-state index contributed by atoms with van der Waals surface area (Å²) in [5.41, 5.74) is 4.33. The van der Waals surface area contributed by atoms with Gasteiger partial charge in [0.2, 0.25) is 0 Å². The fourth-order valence-corrected chi connectivity index (χ4v) is 2.98. The van der Waals surface area contributed by atoms with Crippen LogP contribution < -0.4 is 10.7 Å². The number of hydrazone groups is 1. The summed E-state index contributed by atoms with van der Waals surface area (Å²) in [5.74, 6) is -0.418. The van der Waals surface area contributed by atoms with Gasteiger partial charge < -0.3 is 10.1 Å². The molecule has 0 fully saturated rings. The van der Waals surface area contributed by atoms with Crippen LogP contribution in [0.1, 0.15) is 18.1 Å². The molecule has 0 aliphatic rings. The predicted octanol–water partition coefficient (Wildman–Crippen LogP) is 3.65. The maximum Gasteiger partial charge on any atom is 0.407 e. The van der Waals surface area contributed by atoms with E-state index >= 15 is 0 Å². The molecule has 0 saturated carbocycles. The van der Waals surface area contributed by atoms with Crippen LogP contribution in [-0.2, 0) is 16.0 Å². The van der Waals surface area contributed by atoms with Crippen molar-refractivity contribution in [1.82, 2.24) is 10.7 Å². The van der Waals surface area contributed by atoms with E-state index in [4.69, 9.17) is 4.74 Å². The molecule has 0 saturated heterocycles. The molecule has 0 radical (unpaired) electrons. The molecular weight excluding hydrogens is 366 g/mol. The van der Waals surface area contributed by atoms with E-state index in [1.165, 1.54) is 0 Å². The number of alkyl carbamates (subject to hydrolysis) is 1. The minimum atomic E-state index is -0.805. The van der Waals surface area contributed by atoms with Gasteiger partial charge in [-0.15, -0.1) is 0 Å². The number of fused-ring (bicyclic) bond motifs is 1. The van der Waals surface area contributed by atoms with Gasteiger partial charge >= 0.3 is 6.09 Å². The van der Waals surface area contributed by atoms with E-state index in [0.717, 1.165) is 21.9 Å². The highest BCUT2D eigenvalue weighted by atomic mass is 16.5. The molecule has 2 amide bonds. The molecule has 0 unspecified atom stereocenters. The van der Waals surface area contributed by atoms with Crippen LogP contribution in [0.5, 0.6) is 0 Å². The number of hydrogen-bond acceptors (Lipinski definition) is 4. The summed E-state index contributed by atoms with van der Waals surface area (Å²) in [7, 11) is 0. The van der Waals surface area contributed by atoms with Crippen molar-refractivity contribution < 1.29 is 14.3 Å². The van der Waals surface area contributed by atoms with Gasteiger partial charge in [-0.3, -0.25) is 4.79 Å². The van der Waals surface area contributed by atoms with Crippen LogP contribution in [0.2, 0.25) is 0 Å². The monoisotopic (exact) mass is 389 g/mol. The van der Waals surface area contributed by atoms with Crippen molar-refractivity contribution in [2.24, 2.45) is 5.10 Å². The quantitative estimate of drug-likeness (QED) is 0.478. The number of carbonyl (C=O) groups is 2. The Morgan fingerprint density at radius 1 is 1.00 bits per heavy atom. The zero-order valence-electron chi connectivity index (χ0n) is 16.2. The first-order valence-electron chi connectivity index (χ1n) is 9.45. The van der Waals surface area contributed by atoms with E-state index in [1.807, 2.05) is 72.8 Å². The molecule has 0 aliphatic carbocycles. The first-order chi connectivity index (χ1) is 14.2. The Kier molecular flexibility index (Phi) is 6.95. The van der Waals surface area contributed by atoms with Crippen molar-refractivity contribution in [1.29, 1.82) is 0 Å². The zero-order chi connectivity index (χ0) is 20.5. The molecule has 3 rings (SSSR count). The van der Waals surface area contributed by atoms with Crippen LogP contribution in [0.3, 0.4) is 0 Å². The van der Waals surface area contributed by atoms with Gasteiger partial charge in [-0.1, -0.05) is 72.8 Å². The number of nitrogens with zero attached hydrogens (tertiary/aromatic N) is 1. The molecule has 0 spiro atoms. The number of amides is 2. The lowest BCUT2D eigenvalue weighted by Gasteiger charge is -2.16. The Morgan fingerprint density at radius 3 is 2.52 bits per heavy atom. The normalized spacial score (nSPS) is 11.9. The average molecular weight is 389 g/mol. The van der Waals surface area contributed by atoms with Gasteiger partial charge in [-0.05, 0) is 23.3 Å². The Bertz CT molecular complexity index is 997. The predicted molar refractivity (Wildman–Crippen MR) is 114 cm³/mol. The second kappa shape index (κ2) is 10.0. The van der Waals surface area contributed by atoms with Crippen LogP contribution >= 0.6 is 0 Å². The number of hydrogen-bond donors (Lipinski definition) is 2. The van der Waals surface area contributed by atoms with Crippen molar-refractivity contribution in [3.8, 4) is 0 Å². The van der Waals surface area contributed by atoms with Crippen LogP contribution in [0.4, 0.5) is 4.79 Å². The lowest BCUT2D eigenvalue weighted by Crippen LogP contribution is -2.47. The highest BCUT2D eigenvalue weighted by Gasteiger charge is 2.21. The molecule has 0 heterocycles. The van der Waals surface area contributed by atoms with Gasteiger partial charge in [0, 0.05) is 12.0 Å². The maximum atomic E-state index is 12.6. The molecule has 3 aromatic rings. The van der Waals surface area contributed by atoms with Gasteiger partial charge in [0.25, 0.3) is 5.91 Å². The Hall–Kier alpha value is -3.67. The first-order valence-corrected chi connectivity index (χ1v) is 9.45. The molecule has 0 aromatic heterocycles. The Labute approximate surface area is 169 Å². The fraction of sp³-hybridized carbons (Fsp3) is 0.174. The molecule has 2 N–H and O–H groups in total. The largest absolute Gasteiger partial charge is 0.450 e. The van der Waals surface area contributed by atoms with Gasteiger partial charge in [-0.2, -0.15) is 5.10 Å². The maximum absolute atomic E-state index is 12.6. The van der Waals surface area contributed by atoms with Gasteiger partial charge in [0.05, 0.1) is 12.8 Å². The molecule has 3 aromatic carbocycles. The van der Waals surface area contributed by atoms with E-state index < -0.39 is 18.0 Å². The number of benzene rings is 3. The van der Waals surface area contributed by atoms with Crippen LogP contribution in [0, 0.1) is 0 Å². The summed E-state index contributed by atoms with van der Waals surface area (Å²) in [4.78, 5) is 24.5. The second-order valence-electron chi connectivity index (χ2n) is 6.41. The third kappa shape index (κ3) is 5.65. The summed E-state index contributed by atoms with van der Waals surface area (Å²) in [6.45, 7) is 1.94. The highest BCUT2D eigenvalue weighted by Crippen LogP contribution is 2.16. The van der Waals surface area contributed by atoms with Crippen molar-refractivity contribution >= 4 is 29.0 Å².